The van der Waals surface area contributed by atoms with Gasteiger partial charge in [-0.15, -0.1) is 0 Å². The van der Waals surface area contributed by atoms with E-state index in [4.69, 9.17) is 10.4 Å². The summed E-state index contributed by atoms with van der Waals surface area (Å²) in [5, 5.41) is 17.7. The van der Waals surface area contributed by atoms with Gasteiger partial charge in [0.25, 0.3) is 0 Å². The minimum Gasteiger partial charge on any atom is -0.478 e. The lowest BCUT2D eigenvalue weighted by molar-refractivity contribution is -0.117. The number of fused-ring (bicyclic) bond motifs is 1. The Balaban J connectivity index is 2.52. The van der Waals surface area contributed by atoms with Crippen LogP contribution in [0.2, 0.25) is 0 Å². The number of carbonyl (C=O) groups is 2. The molecule has 0 unspecified atom stereocenters. The molecule has 1 aromatic carbocycles. The molecular weight excluding hydrogens is 234 g/mol. The Bertz CT molecular complexity index is 562. The molecule has 0 radical (unpaired) electrons. The summed E-state index contributed by atoms with van der Waals surface area (Å²) in [6, 6.07) is 6.43. The molecular formula is C12H11N3O3. The first-order valence-corrected chi connectivity index (χ1v) is 5.30. The molecule has 1 aliphatic heterocycles. The maximum atomic E-state index is 11.8. The second kappa shape index (κ2) is 4.37. The number of nitriles is 1. The molecule has 0 saturated heterocycles. The number of nitrogens with zero attached hydrogens (tertiary/aromatic N) is 3. The largest absolute Gasteiger partial charge is 0.478 e. The first kappa shape index (κ1) is 11.9. The molecule has 0 bridgehead atoms. The molecule has 0 fully saturated rings. The van der Waals surface area contributed by atoms with E-state index in [1.165, 1.54) is 17.0 Å². The molecule has 0 aliphatic carbocycles. The molecule has 6 heteroatoms. The molecule has 92 valence electrons. The molecule has 0 aromatic heterocycles. The Morgan fingerprint density at radius 3 is 2.83 bits per heavy atom. The minimum atomic E-state index is -1.02. The van der Waals surface area contributed by atoms with E-state index in [1.54, 1.807) is 18.0 Å². The molecule has 2 rings (SSSR count). The van der Waals surface area contributed by atoms with E-state index in [9.17, 15) is 9.59 Å². The number of hydrogen-bond acceptors (Lipinski definition) is 4. The topological polar surface area (TPSA) is 84.6 Å². The van der Waals surface area contributed by atoms with Crippen LogP contribution in [-0.2, 0) is 4.79 Å². The van der Waals surface area contributed by atoms with Gasteiger partial charge < -0.3 is 10.0 Å². The fraction of sp³-hybridized carbons (Fsp3) is 0.250. The first-order chi connectivity index (χ1) is 8.54. The van der Waals surface area contributed by atoms with Crippen LogP contribution in [0.1, 0.15) is 10.4 Å². The smallest absolute Gasteiger partial charge is 0.335 e. The monoisotopic (exact) mass is 245 g/mol. The van der Waals surface area contributed by atoms with Crippen molar-refractivity contribution in [1.82, 2.24) is 0 Å². The van der Waals surface area contributed by atoms with Gasteiger partial charge in [-0.25, -0.2) is 4.79 Å². The second-order valence-corrected chi connectivity index (χ2v) is 4.00. The van der Waals surface area contributed by atoms with Gasteiger partial charge in [-0.3, -0.25) is 9.69 Å². The Kier molecular flexibility index (Phi) is 2.90. The highest BCUT2D eigenvalue weighted by Gasteiger charge is 2.27. The Hall–Kier alpha value is -2.55. The van der Waals surface area contributed by atoms with Gasteiger partial charge in [0.05, 0.1) is 29.6 Å². The average molecular weight is 245 g/mol. The normalized spacial score (nSPS) is 14.1. The van der Waals surface area contributed by atoms with Crippen molar-refractivity contribution >= 4 is 23.3 Å². The van der Waals surface area contributed by atoms with Crippen molar-refractivity contribution in [3.63, 3.8) is 0 Å². The first-order valence-electron chi connectivity index (χ1n) is 5.30. The Morgan fingerprint density at radius 2 is 2.22 bits per heavy atom. The molecule has 18 heavy (non-hydrogen) atoms. The van der Waals surface area contributed by atoms with Gasteiger partial charge in [-0.2, -0.15) is 5.26 Å². The predicted octanol–water partition coefficient (Wildman–Crippen LogP) is 0.691. The molecule has 0 spiro atoms. The lowest BCUT2D eigenvalue weighted by atomic mass is 10.1. The highest BCUT2D eigenvalue weighted by atomic mass is 16.4. The molecule has 0 atom stereocenters. The van der Waals surface area contributed by atoms with Gasteiger partial charge in [-0.05, 0) is 18.2 Å². The van der Waals surface area contributed by atoms with Crippen molar-refractivity contribution in [2.24, 2.45) is 0 Å². The van der Waals surface area contributed by atoms with Crippen LogP contribution in [0.3, 0.4) is 0 Å². The van der Waals surface area contributed by atoms with Gasteiger partial charge in [0.1, 0.15) is 6.54 Å². The van der Waals surface area contributed by atoms with Crippen molar-refractivity contribution in [1.29, 1.82) is 5.26 Å². The zero-order valence-corrected chi connectivity index (χ0v) is 9.75. The Labute approximate surface area is 104 Å². The highest BCUT2D eigenvalue weighted by molar-refractivity contribution is 6.04. The van der Waals surface area contributed by atoms with Crippen LogP contribution in [0.25, 0.3) is 0 Å². The Morgan fingerprint density at radius 1 is 1.50 bits per heavy atom. The average Bonchev–Trinajstić information content (AvgIpc) is 2.33. The molecule has 0 saturated carbocycles. The lowest BCUT2D eigenvalue weighted by Crippen LogP contribution is -2.44. The van der Waals surface area contributed by atoms with Gasteiger partial charge in [0.2, 0.25) is 5.91 Å². The number of carbonyl (C=O) groups excluding carboxylic acids is 1. The van der Waals surface area contributed by atoms with Gasteiger partial charge in [0.15, 0.2) is 0 Å². The van der Waals surface area contributed by atoms with Crippen LogP contribution in [0.4, 0.5) is 11.4 Å². The number of rotatable bonds is 2. The van der Waals surface area contributed by atoms with Crippen LogP contribution < -0.4 is 9.80 Å². The predicted molar refractivity (Wildman–Crippen MR) is 64.6 cm³/mol. The molecule has 1 amide bonds. The third-order valence-corrected chi connectivity index (χ3v) is 2.83. The number of carboxylic acids is 1. The molecule has 1 aromatic rings. The van der Waals surface area contributed by atoms with Crippen molar-refractivity contribution in [2.45, 2.75) is 0 Å². The molecule has 1 N–H and O–H groups in total. The molecule has 1 heterocycles. The maximum Gasteiger partial charge on any atom is 0.335 e. The fourth-order valence-corrected chi connectivity index (χ4v) is 1.94. The van der Waals surface area contributed by atoms with Gasteiger partial charge in [-0.1, -0.05) is 0 Å². The van der Waals surface area contributed by atoms with E-state index >= 15 is 0 Å². The summed E-state index contributed by atoms with van der Waals surface area (Å²) in [6.07, 6.45) is 0. The van der Waals surface area contributed by atoms with E-state index in [0.29, 0.717) is 11.4 Å². The van der Waals surface area contributed by atoms with E-state index < -0.39 is 5.97 Å². The van der Waals surface area contributed by atoms with Crippen LogP contribution in [0.5, 0.6) is 0 Å². The summed E-state index contributed by atoms with van der Waals surface area (Å²) < 4.78 is 0. The van der Waals surface area contributed by atoms with Crippen LogP contribution >= 0.6 is 0 Å². The van der Waals surface area contributed by atoms with Crippen molar-refractivity contribution in [2.75, 3.05) is 29.9 Å². The summed E-state index contributed by atoms with van der Waals surface area (Å²) in [4.78, 5) is 25.7. The van der Waals surface area contributed by atoms with Crippen LogP contribution in [0, 0.1) is 11.3 Å². The number of aromatic carboxylic acids is 1. The number of benzene rings is 1. The lowest BCUT2D eigenvalue weighted by Gasteiger charge is -2.34. The number of anilines is 2. The van der Waals surface area contributed by atoms with E-state index in [0.717, 1.165) is 0 Å². The standard InChI is InChI=1S/C12H11N3O3/c1-14-7-11(16)15(5-4-13)9-3-2-8(12(17)18)6-10(9)14/h2-3,6H,5,7H2,1H3,(H,17,18). The summed E-state index contributed by atoms with van der Waals surface area (Å²) in [6.45, 7) is 0.101. The highest BCUT2D eigenvalue weighted by Crippen LogP contribution is 2.33. The zero-order valence-electron chi connectivity index (χ0n) is 9.75. The minimum absolute atomic E-state index is 0.0356. The molecule has 1 aliphatic rings. The van der Waals surface area contributed by atoms with E-state index in [1.807, 2.05) is 6.07 Å². The third kappa shape index (κ3) is 1.86. The van der Waals surface area contributed by atoms with E-state index in [2.05, 4.69) is 0 Å². The van der Waals surface area contributed by atoms with Crippen molar-refractivity contribution in [3.8, 4) is 6.07 Å². The second-order valence-electron chi connectivity index (χ2n) is 4.00. The maximum absolute atomic E-state index is 11.8. The van der Waals surface area contributed by atoms with Crippen molar-refractivity contribution in [3.05, 3.63) is 23.8 Å². The number of amides is 1. The number of carboxylic acid groups (broad SMARTS) is 1. The number of hydrogen-bond donors (Lipinski definition) is 1. The zero-order chi connectivity index (χ0) is 13.3. The number of likely N-dealkylation sites (N-methyl/N-ethyl adjacent to an activating group) is 1. The summed E-state index contributed by atoms with van der Waals surface area (Å²) in [5.41, 5.74) is 1.37. The van der Waals surface area contributed by atoms with Gasteiger partial charge in [0, 0.05) is 7.05 Å². The summed E-state index contributed by atoms with van der Waals surface area (Å²) >= 11 is 0. The molecule has 6 nitrogen and oxygen atoms in total. The summed E-state index contributed by atoms with van der Waals surface area (Å²) in [7, 11) is 1.71. The summed E-state index contributed by atoms with van der Waals surface area (Å²) in [5.74, 6) is -1.19. The van der Waals surface area contributed by atoms with Crippen LogP contribution in [0.15, 0.2) is 18.2 Å². The fourth-order valence-electron chi connectivity index (χ4n) is 1.94. The van der Waals surface area contributed by atoms with Gasteiger partial charge >= 0.3 is 5.97 Å². The third-order valence-electron chi connectivity index (χ3n) is 2.83. The van der Waals surface area contributed by atoms with Crippen molar-refractivity contribution < 1.29 is 14.7 Å². The quantitative estimate of drug-likeness (QED) is 0.775. The SMILES string of the molecule is CN1CC(=O)N(CC#N)c2ccc(C(=O)O)cc21. The van der Waals surface area contributed by atoms with Crippen LogP contribution in [-0.4, -0.2) is 37.1 Å². The van der Waals surface area contributed by atoms with E-state index in [-0.39, 0.29) is 24.6 Å².